The molecule has 0 bridgehead atoms. The molecule has 0 atom stereocenters. The summed E-state index contributed by atoms with van der Waals surface area (Å²) in [6.45, 7) is 3.09. The highest BCUT2D eigenvalue weighted by atomic mass is 16.5. The summed E-state index contributed by atoms with van der Waals surface area (Å²) in [4.78, 5) is 23.7. The molecule has 1 aliphatic heterocycles. The second-order valence-corrected chi connectivity index (χ2v) is 7.02. The molecule has 154 valence electrons. The van der Waals surface area contributed by atoms with E-state index in [1.54, 1.807) is 11.0 Å². The summed E-state index contributed by atoms with van der Waals surface area (Å²) >= 11 is 0. The van der Waals surface area contributed by atoms with Crippen LogP contribution in [0.4, 0.5) is 0 Å². The number of ether oxygens (including phenoxy) is 3. The Kier molecular flexibility index (Phi) is 5.52. The highest BCUT2D eigenvalue weighted by Crippen LogP contribution is 2.30. The van der Waals surface area contributed by atoms with Gasteiger partial charge in [0.15, 0.2) is 5.82 Å². The summed E-state index contributed by atoms with van der Waals surface area (Å²) in [6, 6.07) is 15.5. The lowest BCUT2D eigenvalue weighted by molar-refractivity contribution is 0.0737. The molecular weight excluding hydrogens is 382 g/mol. The largest absolute Gasteiger partial charge is 0.491 e. The monoisotopic (exact) mass is 405 g/mol. The Balaban J connectivity index is 1.64. The van der Waals surface area contributed by atoms with Crippen LogP contribution >= 0.6 is 0 Å². The SMILES string of the molecule is COc1cc(OC)nc(CN2CCOc3ccc(-c4ccc(C)cc4)cc3C2=O)n1. The Morgan fingerprint density at radius 3 is 2.30 bits per heavy atom. The first-order valence-electron chi connectivity index (χ1n) is 9.66. The Morgan fingerprint density at radius 1 is 0.967 bits per heavy atom. The maximum absolute atomic E-state index is 13.3. The van der Waals surface area contributed by atoms with Crippen molar-refractivity contribution in [2.45, 2.75) is 13.5 Å². The first kappa shape index (κ1) is 19.7. The number of hydrogen-bond acceptors (Lipinski definition) is 6. The number of benzene rings is 2. The van der Waals surface area contributed by atoms with Crippen LogP contribution < -0.4 is 14.2 Å². The van der Waals surface area contributed by atoms with E-state index in [0.717, 1.165) is 11.1 Å². The molecule has 0 aliphatic carbocycles. The van der Waals surface area contributed by atoms with Crippen molar-refractivity contribution >= 4 is 5.91 Å². The Labute approximate surface area is 175 Å². The van der Waals surface area contributed by atoms with Gasteiger partial charge in [-0.05, 0) is 30.2 Å². The van der Waals surface area contributed by atoms with E-state index in [0.29, 0.717) is 42.0 Å². The summed E-state index contributed by atoms with van der Waals surface area (Å²) < 4.78 is 16.3. The van der Waals surface area contributed by atoms with Crippen LogP contribution in [0.2, 0.25) is 0 Å². The molecule has 1 amide bonds. The van der Waals surface area contributed by atoms with Gasteiger partial charge >= 0.3 is 0 Å². The smallest absolute Gasteiger partial charge is 0.258 e. The van der Waals surface area contributed by atoms with Crippen LogP contribution in [0.3, 0.4) is 0 Å². The van der Waals surface area contributed by atoms with Crippen molar-refractivity contribution in [1.82, 2.24) is 14.9 Å². The predicted octanol–water partition coefficient (Wildman–Crippen LogP) is 3.50. The van der Waals surface area contributed by atoms with E-state index < -0.39 is 0 Å². The molecule has 0 spiro atoms. The van der Waals surface area contributed by atoms with Crippen LogP contribution in [-0.4, -0.2) is 48.1 Å². The number of carbonyl (C=O) groups excluding carboxylic acids is 1. The van der Waals surface area contributed by atoms with Crippen molar-refractivity contribution in [3.05, 3.63) is 65.5 Å². The summed E-state index contributed by atoms with van der Waals surface area (Å²) in [5.74, 6) is 1.68. The van der Waals surface area contributed by atoms with E-state index >= 15 is 0 Å². The normalized spacial score (nSPS) is 13.3. The van der Waals surface area contributed by atoms with Crippen molar-refractivity contribution in [1.29, 1.82) is 0 Å². The summed E-state index contributed by atoms with van der Waals surface area (Å²) in [7, 11) is 3.05. The average molecular weight is 405 g/mol. The molecule has 0 N–H and O–H groups in total. The predicted molar refractivity (Wildman–Crippen MR) is 112 cm³/mol. The molecular formula is C23H23N3O4. The zero-order valence-electron chi connectivity index (χ0n) is 17.2. The van der Waals surface area contributed by atoms with Crippen LogP contribution in [0.5, 0.6) is 17.5 Å². The minimum atomic E-state index is -0.123. The van der Waals surface area contributed by atoms with Gasteiger partial charge in [0.05, 0.1) is 38.9 Å². The van der Waals surface area contributed by atoms with Gasteiger partial charge in [-0.2, -0.15) is 9.97 Å². The van der Waals surface area contributed by atoms with Crippen LogP contribution in [0, 0.1) is 6.92 Å². The number of fused-ring (bicyclic) bond motifs is 1. The molecule has 0 saturated heterocycles. The quantitative estimate of drug-likeness (QED) is 0.647. The lowest BCUT2D eigenvalue weighted by Gasteiger charge is -2.19. The number of aryl methyl sites for hydroxylation is 1. The van der Waals surface area contributed by atoms with Crippen LogP contribution in [-0.2, 0) is 6.54 Å². The Hall–Kier alpha value is -3.61. The van der Waals surface area contributed by atoms with Crippen molar-refractivity contribution < 1.29 is 19.0 Å². The van der Waals surface area contributed by atoms with Gasteiger partial charge < -0.3 is 19.1 Å². The second-order valence-electron chi connectivity index (χ2n) is 7.02. The third-order valence-electron chi connectivity index (χ3n) is 4.98. The van der Waals surface area contributed by atoms with E-state index in [1.807, 2.05) is 37.3 Å². The van der Waals surface area contributed by atoms with E-state index in [1.165, 1.54) is 19.8 Å². The zero-order chi connectivity index (χ0) is 21.1. The molecule has 0 saturated carbocycles. The molecule has 1 aromatic heterocycles. The van der Waals surface area contributed by atoms with Gasteiger partial charge in [-0.15, -0.1) is 0 Å². The fourth-order valence-electron chi connectivity index (χ4n) is 3.34. The lowest BCUT2D eigenvalue weighted by atomic mass is 10.0. The number of methoxy groups -OCH3 is 2. The third kappa shape index (κ3) is 4.05. The van der Waals surface area contributed by atoms with Crippen molar-refractivity contribution in [2.75, 3.05) is 27.4 Å². The Bertz CT molecular complexity index is 1040. The fraction of sp³-hybridized carbons (Fsp3) is 0.261. The second kappa shape index (κ2) is 8.41. The van der Waals surface area contributed by atoms with Gasteiger partial charge in [-0.1, -0.05) is 35.9 Å². The van der Waals surface area contributed by atoms with Gasteiger partial charge in [-0.3, -0.25) is 4.79 Å². The molecule has 30 heavy (non-hydrogen) atoms. The highest BCUT2D eigenvalue weighted by molar-refractivity contribution is 5.98. The molecule has 2 heterocycles. The average Bonchev–Trinajstić information content (AvgIpc) is 2.92. The Morgan fingerprint density at radius 2 is 1.63 bits per heavy atom. The van der Waals surface area contributed by atoms with Gasteiger partial charge in [0.2, 0.25) is 11.8 Å². The van der Waals surface area contributed by atoms with E-state index in [4.69, 9.17) is 14.2 Å². The van der Waals surface area contributed by atoms with Crippen LogP contribution in [0.15, 0.2) is 48.5 Å². The standard InChI is InChI=1S/C23H23N3O4/c1-15-4-6-16(7-5-15)17-8-9-19-18(12-17)23(27)26(10-11-30-19)14-20-24-21(28-2)13-22(25-20)29-3/h4-9,12-13H,10-11,14H2,1-3H3. The minimum absolute atomic E-state index is 0.123. The van der Waals surface area contributed by atoms with E-state index in [2.05, 4.69) is 22.1 Å². The first-order valence-corrected chi connectivity index (χ1v) is 9.66. The first-order chi connectivity index (χ1) is 14.6. The molecule has 3 aromatic rings. The molecule has 4 rings (SSSR count). The molecule has 2 aromatic carbocycles. The maximum Gasteiger partial charge on any atom is 0.258 e. The number of carbonyl (C=O) groups is 1. The lowest BCUT2D eigenvalue weighted by Crippen LogP contribution is -2.32. The maximum atomic E-state index is 13.3. The molecule has 0 unspecified atom stereocenters. The van der Waals surface area contributed by atoms with Crippen LogP contribution in [0.1, 0.15) is 21.7 Å². The molecule has 1 aliphatic rings. The summed E-state index contributed by atoms with van der Waals surface area (Å²) in [5.41, 5.74) is 3.73. The minimum Gasteiger partial charge on any atom is -0.491 e. The van der Waals surface area contributed by atoms with Gasteiger partial charge in [-0.25, -0.2) is 0 Å². The number of nitrogens with zero attached hydrogens (tertiary/aromatic N) is 3. The number of aromatic nitrogens is 2. The summed E-state index contributed by atoms with van der Waals surface area (Å²) in [6.07, 6.45) is 0. The molecule has 7 heteroatoms. The summed E-state index contributed by atoms with van der Waals surface area (Å²) in [5, 5.41) is 0. The molecule has 0 radical (unpaired) electrons. The zero-order valence-corrected chi connectivity index (χ0v) is 17.2. The van der Waals surface area contributed by atoms with Crippen molar-refractivity contribution in [2.24, 2.45) is 0 Å². The van der Waals surface area contributed by atoms with E-state index in [9.17, 15) is 4.79 Å². The van der Waals surface area contributed by atoms with Gasteiger partial charge in [0, 0.05) is 0 Å². The number of rotatable bonds is 5. The van der Waals surface area contributed by atoms with E-state index in [-0.39, 0.29) is 12.5 Å². The number of amides is 1. The third-order valence-corrected chi connectivity index (χ3v) is 4.98. The highest BCUT2D eigenvalue weighted by Gasteiger charge is 2.25. The van der Waals surface area contributed by atoms with Crippen molar-refractivity contribution in [3.8, 4) is 28.6 Å². The topological polar surface area (TPSA) is 73.8 Å². The fourth-order valence-corrected chi connectivity index (χ4v) is 3.34. The van der Waals surface area contributed by atoms with Gasteiger partial charge in [0.1, 0.15) is 12.4 Å². The van der Waals surface area contributed by atoms with Crippen LogP contribution in [0.25, 0.3) is 11.1 Å². The van der Waals surface area contributed by atoms with Crippen molar-refractivity contribution in [3.63, 3.8) is 0 Å². The molecule has 7 nitrogen and oxygen atoms in total. The number of hydrogen-bond donors (Lipinski definition) is 0. The van der Waals surface area contributed by atoms with Gasteiger partial charge in [0.25, 0.3) is 5.91 Å². The molecule has 0 fully saturated rings.